The van der Waals surface area contributed by atoms with Crippen molar-refractivity contribution in [1.29, 1.82) is 0 Å². The summed E-state index contributed by atoms with van der Waals surface area (Å²) in [6, 6.07) is 47.7. The molecule has 1 N–H and O–H groups in total. The molecule has 0 aliphatic rings. The van der Waals surface area contributed by atoms with E-state index in [9.17, 15) is 5.11 Å². The number of nitrogens with zero attached hydrogens (tertiary/aromatic N) is 3. The smallest absolute Gasteiger partial charge is 0.149 e. The Hall–Kier alpha value is -6.26. The van der Waals surface area contributed by atoms with Crippen molar-refractivity contribution in [3.63, 3.8) is 0 Å². The van der Waals surface area contributed by atoms with E-state index < -0.39 is 0 Å². The summed E-state index contributed by atoms with van der Waals surface area (Å²) >= 11 is 0. The number of aryl methyl sites for hydroxylation is 3. The maximum absolute atomic E-state index is 11.7. The van der Waals surface area contributed by atoms with Crippen molar-refractivity contribution in [2.24, 2.45) is 5.92 Å². The van der Waals surface area contributed by atoms with Crippen LogP contribution in [0.1, 0.15) is 62.4 Å². The molecule has 4 nitrogen and oxygen atoms in total. The topological polar surface area (TPSA) is 50.9 Å². The van der Waals surface area contributed by atoms with Crippen molar-refractivity contribution in [2.45, 2.75) is 67.2 Å². The molecule has 0 aliphatic heterocycles. The predicted molar refractivity (Wildman–Crippen MR) is 239 cm³/mol. The fourth-order valence-corrected chi connectivity index (χ4v) is 8.01. The van der Waals surface area contributed by atoms with E-state index >= 15 is 0 Å². The first-order valence-electron chi connectivity index (χ1n) is 20.0. The maximum Gasteiger partial charge on any atom is 0.149 e. The molecule has 0 aliphatic carbocycles. The molecule has 2 aromatic heterocycles. The quantitative estimate of drug-likeness (QED) is 0.168. The summed E-state index contributed by atoms with van der Waals surface area (Å²) in [5.41, 5.74) is 17.9. The molecule has 0 saturated carbocycles. The van der Waals surface area contributed by atoms with Gasteiger partial charge in [0.2, 0.25) is 0 Å². The van der Waals surface area contributed by atoms with E-state index in [4.69, 9.17) is 9.97 Å². The van der Waals surface area contributed by atoms with Crippen molar-refractivity contribution in [3.05, 3.63) is 167 Å². The van der Waals surface area contributed by atoms with E-state index in [-0.39, 0.29) is 11.2 Å². The van der Waals surface area contributed by atoms with Gasteiger partial charge in [-0.25, -0.2) is 4.98 Å². The minimum absolute atomic E-state index is 0.115. The molecule has 0 spiro atoms. The second-order valence-corrected chi connectivity index (χ2v) is 17.1. The lowest BCUT2D eigenvalue weighted by Crippen LogP contribution is -2.11. The summed E-state index contributed by atoms with van der Waals surface area (Å²) in [5.74, 6) is 1.43. The van der Waals surface area contributed by atoms with Crippen molar-refractivity contribution in [3.8, 4) is 67.5 Å². The molecule has 0 amide bonds. The zero-order valence-corrected chi connectivity index (χ0v) is 34.4. The zero-order valence-electron chi connectivity index (χ0n) is 34.4. The highest BCUT2D eigenvalue weighted by Crippen LogP contribution is 2.42. The van der Waals surface area contributed by atoms with Crippen LogP contribution in [0.15, 0.2) is 140 Å². The monoisotopic (exact) mass is 745 g/mol. The van der Waals surface area contributed by atoms with Crippen molar-refractivity contribution in [1.82, 2.24) is 14.5 Å². The SMILES string of the molecule is Cc1ccc(-c2ccnc(-c3cc(-c4cccc5c4nc(-c4cc(C)cc(C)c4O)n5-c4ccc(-c5ccccc5)c(CC(C)C)c4)cc(C(C)(C)C)c3)c2)cc1. The summed E-state index contributed by atoms with van der Waals surface area (Å²) in [6.07, 6.45) is 2.84. The van der Waals surface area contributed by atoms with Crippen LogP contribution in [-0.4, -0.2) is 19.6 Å². The van der Waals surface area contributed by atoms with Gasteiger partial charge in [0.05, 0.1) is 22.3 Å². The van der Waals surface area contributed by atoms with E-state index in [1.54, 1.807) is 0 Å². The molecule has 6 aromatic carbocycles. The predicted octanol–water partition coefficient (Wildman–Crippen LogP) is 13.9. The summed E-state index contributed by atoms with van der Waals surface area (Å²) in [4.78, 5) is 10.4. The van der Waals surface area contributed by atoms with E-state index in [1.807, 2.05) is 19.2 Å². The van der Waals surface area contributed by atoms with E-state index in [0.29, 0.717) is 17.3 Å². The highest BCUT2D eigenvalue weighted by molar-refractivity contribution is 5.97. The Morgan fingerprint density at radius 2 is 1.37 bits per heavy atom. The van der Waals surface area contributed by atoms with Crippen LogP contribution in [0.25, 0.3) is 72.7 Å². The standard InChI is InChI=1S/C53H51N3O/c1-33(2)25-40-31-44(21-22-45(40)38-13-10-9-11-14-38)56-49-16-12-15-46(50(49)55-52(56)47-27-35(4)26-36(5)51(47)57)41-28-42(30-43(29-41)53(6,7)8)48-32-39(23-24-54-48)37-19-17-34(3)18-20-37/h9-24,26-33,57H,25H2,1-8H3. The molecular weight excluding hydrogens is 695 g/mol. The van der Waals surface area contributed by atoms with Crippen molar-refractivity contribution >= 4 is 11.0 Å². The van der Waals surface area contributed by atoms with E-state index in [2.05, 4.69) is 180 Å². The van der Waals surface area contributed by atoms with Gasteiger partial charge in [-0.05, 0) is 137 Å². The van der Waals surface area contributed by atoms with Gasteiger partial charge in [-0.2, -0.15) is 0 Å². The Kier molecular flexibility index (Phi) is 9.91. The van der Waals surface area contributed by atoms with E-state index in [0.717, 1.165) is 62.2 Å². The minimum atomic E-state index is -0.115. The number of phenolic OH excluding ortho intramolecular Hbond substituents is 1. The molecule has 0 unspecified atom stereocenters. The van der Waals surface area contributed by atoms with E-state index in [1.165, 1.54) is 33.4 Å². The molecular formula is C53H51N3O. The third-order valence-electron chi connectivity index (χ3n) is 11.0. The van der Waals surface area contributed by atoms with Crippen LogP contribution in [0.5, 0.6) is 5.75 Å². The normalized spacial score (nSPS) is 11.8. The van der Waals surface area contributed by atoms with Gasteiger partial charge < -0.3 is 5.11 Å². The average molecular weight is 746 g/mol. The molecule has 8 aromatic rings. The largest absolute Gasteiger partial charge is 0.507 e. The Labute approximate surface area is 337 Å². The Morgan fingerprint density at radius 3 is 2.11 bits per heavy atom. The number of aromatic nitrogens is 3. The average Bonchev–Trinajstić information content (AvgIpc) is 3.59. The number of para-hydroxylation sites is 1. The molecule has 0 saturated heterocycles. The first-order chi connectivity index (χ1) is 27.3. The van der Waals surface area contributed by atoms with Crippen LogP contribution >= 0.6 is 0 Å². The number of phenols is 1. The van der Waals surface area contributed by atoms with Gasteiger partial charge in [-0.1, -0.05) is 125 Å². The van der Waals surface area contributed by atoms with Crippen LogP contribution in [-0.2, 0) is 11.8 Å². The highest BCUT2D eigenvalue weighted by atomic mass is 16.3. The molecule has 8 rings (SSSR count). The molecule has 0 bridgehead atoms. The van der Waals surface area contributed by atoms with Gasteiger partial charge in [0.25, 0.3) is 0 Å². The second kappa shape index (κ2) is 15.0. The summed E-state index contributed by atoms with van der Waals surface area (Å²) in [6.45, 7) is 17.5. The maximum atomic E-state index is 11.7. The molecule has 4 heteroatoms. The summed E-state index contributed by atoms with van der Waals surface area (Å²) in [5, 5.41) is 11.7. The number of aromatic hydroxyl groups is 1. The van der Waals surface area contributed by atoms with Crippen molar-refractivity contribution < 1.29 is 5.11 Å². The lowest BCUT2D eigenvalue weighted by atomic mass is 9.83. The van der Waals surface area contributed by atoms with Crippen LogP contribution in [0.3, 0.4) is 0 Å². The molecule has 0 atom stereocenters. The molecule has 57 heavy (non-hydrogen) atoms. The van der Waals surface area contributed by atoms with Crippen LogP contribution in [0, 0.1) is 26.7 Å². The number of rotatable bonds is 8. The first-order valence-corrected chi connectivity index (χ1v) is 20.0. The van der Waals surface area contributed by atoms with Crippen LogP contribution in [0.4, 0.5) is 0 Å². The zero-order chi connectivity index (χ0) is 40.0. The van der Waals surface area contributed by atoms with Gasteiger partial charge in [-0.15, -0.1) is 0 Å². The molecule has 284 valence electrons. The lowest BCUT2D eigenvalue weighted by Gasteiger charge is -2.22. The van der Waals surface area contributed by atoms with Gasteiger partial charge in [0.15, 0.2) is 0 Å². The number of benzene rings is 6. The molecule has 0 radical (unpaired) electrons. The van der Waals surface area contributed by atoms with Crippen molar-refractivity contribution in [2.75, 3.05) is 0 Å². The number of hydrogen-bond donors (Lipinski definition) is 1. The number of pyridine rings is 1. The second-order valence-electron chi connectivity index (χ2n) is 17.1. The van der Waals surface area contributed by atoms with Crippen LogP contribution < -0.4 is 0 Å². The summed E-state index contributed by atoms with van der Waals surface area (Å²) < 4.78 is 2.24. The number of fused-ring (bicyclic) bond motifs is 1. The Bertz CT molecular complexity index is 2750. The molecule has 2 heterocycles. The third-order valence-corrected chi connectivity index (χ3v) is 11.0. The fraction of sp³-hybridized carbons (Fsp3) is 0.208. The molecule has 0 fully saturated rings. The fourth-order valence-electron chi connectivity index (χ4n) is 8.01. The van der Waals surface area contributed by atoms with Gasteiger partial charge >= 0.3 is 0 Å². The minimum Gasteiger partial charge on any atom is -0.507 e. The third kappa shape index (κ3) is 7.52. The van der Waals surface area contributed by atoms with Crippen LogP contribution in [0.2, 0.25) is 0 Å². The Morgan fingerprint density at radius 1 is 0.614 bits per heavy atom. The highest BCUT2D eigenvalue weighted by Gasteiger charge is 2.24. The summed E-state index contributed by atoms with van der Waals surface area (Å²) in [7, 11) is 0. The first kappa shape index (κ1) is 37.7. The number of imidazole rings is 1. The van der Waals surface area contributed by atoms with Gasteiger partial charge in [0, 0.05) is 23.0 Å². The van der Waals surface area contributed by atoms with Gasteiger partial charge in [0.1, 0.15) is 11.6 Å². The lowest BCUT2D eigenvalue weighted by molar-refractivity contribution is 0.472. The Balaban J connectivity index is 1.37. The van der Waals surface area contributed by atoms with Gasteiger partial charge in [-0.3, -0.25) is 9.55 Å². The number of hydrogen-bond acceptors (Lipinski definition) is 3.